The van der Waals surface area contributed by atoms with Crippen LogP contribution in [-0.4, -0.2) is 16.1 Å². The van der Waals surface area contributed by atoms with E-state index in [0.29, 0.717) is 16.5 Å². The predicted octanol–water partition coefficient (Wildman–Crippen LogP) is 4.64. The molecule has 1 unspecified atom stereocenters. The standard InChI is InChI=1S/C14H14Cl2N2O2S/c1-8(11-4-2-9(15)6-12(11)16)17-14-18-10(7-21-14)3-5-13(19)20/h2,4,6-8H,3,5H2,1H3,(H,17,18)(H,19,20). The number of benzene rings is 1. The number of carboxylic acids is 1. The summed E-state index contributed by atoms with van der Waals surface area (Å²) in [5.41, 5.74) is 1.71. The second kappa shape index (κ2) is 7.11. The number of carbonyl (C=O) groups is 1. The maximum absolute atomic E-state index is 10.5. The molecular formula is C14H14Cl2N2O2S. The first-order chi connectivity index (χ1) is 9.95. The molecule has 2 rings (SSSR count). The molecule has 112 valence electrons. The molecule has 1 aromatic carbocycles. The van der Waals surface area contributed by atoms with E-state index in [1.54, 1.807) is 12.1 Å². The number of halogens is 2. The molecule has 21 heavy (non-hydrogen) atoms. The van der Waals surface area contributed by atoms with E-state index in [2.05, 4.69) is 10.3 Å². The molecule has 0 amide bonds. The van der Waals surface area contributed by atoms with Gasteiger partial charge in [-0.25, -0.2) is 4.98 Å². The van der Waals surface area contributed by atoms with Gasteiger partial charge in [-0.05, 0) is 24.6 Å². The first kappa shape index (κ1) is 16.1. The van der Waals surface area contributed by atoms with Crippen LogP contribution in [0.25, 0.3) is 0 Å². The van der Waals surface area contributed by atoms with E-state index in [1.807, 2.05) is 18.4 Å². The Bertz CT molecular complexity index is 646. The summed E-state index contributed by atoms with van der Waals surface area (Å²) in [4.78, 5) is 14.9. The minimum Gasteiger partial charge on any atom is -0.481 e. The number of nitrogens with one attached hydrogen (secondary N) is 1. The van der Waals surface area contributed by atoms with Crippen LogP contribution in [0.1, 0.15) is 30.6 Å². The van der Waals surface area contributed by atoms with Crippen LogP contribution in [0.15, 0.2) is 23.6 Å². The molecule has 0 saturated carbocycles. The number of hydrogen-bond donors (Lipinski definition) is 2. The minimum absolute atomic E-state index is 0.0201. The smallest absolute Gasteiger partial charge is 0.303 e. The number of aryl methyl sites for hydroxylation is 1. The number of anilines is 1. The van der Waals surface area contributed by atoms with Gasteiger partial charge in [-0.15, -0.1) is 11.3 Å². The second-order valence-corrected chi connectivity index (χ2v) is 6.27. The molecule has 0 radical (unpaired) electrons. The van der Waals surface area contributed by atoms with E-state index in [0.717, 1.165) is 16.4 Å². The van der Waals surface area contributed by atoms with Crippen LogP contribution in [-0.2, 0) is 11.2 Å². The number of hydrogen-bond acceptors (Lipinski definition) is 4. The van der Waals surface area contributed by atoms with Crippen molar-refractivity contribution in [3.63, 3.8) is 0 Å². The molecule has 0 bridgehead atoms. The lowest BCUT2D eigenvalue weighted by Crippen LogP contribution is -2.07. The number of aromatic nitrogens is 1. The maximum Gasteiger partial charge on any atom is 0.303 e. The normalized spacial score (nSPS) is 12.1. The van der Waals surface area contributed by atoms with E-state index in [9.17, 15) is 4.79 Å². The molecule has 0 aliphatic heterocycles. The van der Waals surface area contributed by atoms with Gasteiger partial charge in [-0.3, -0.25) is 4.79 Å². The van der Waals surface area contributed by atoms with Crippen LogP contribution in [0.5, 0.6) is 0 Å². The molecule has 7 heteroatoms. The fraction of sp³-hybridized carbons (Fsp3) is 0.286. The molecule has 2 aromatic rings. The first-order valence-corrected chi connectivity index (χ1v) is 7.97. The zero-order chi connectivity index (χ0) is 15.4. The van der Waals surface area contributed by atoms with Crippen LogP contribution in [0.3, 0.4) is 0 Å². The van der Waals surface area contributed by atoms with E-state index in [4.69, 9.17) is 28.3 Å². The van der Waals surface area contributed by atoms with Gasteiger partial charge in [0.1, 0.15) is 0 Å². The zero-order valence-electron chi connectivity index (χ0n) is 11.3. The Morgan fingerprint density at radius 2 is 2.24 bits per heavy atom. The van der Waals surface area contributed by atoms with Gasteiger partial charge in [-0.1, -0.05) is 29.3 Å². The SMILES string of the molecule is CC(Nc1nc(CCC(=O)O)cs1)c1ccc(Cl)cc1Cl. The summed E-state index contributed by atoms with van der Waals surface area (Å²) >= 11 is 13.5. The number of nitrogens with zero attached hydrogens (tertiary/aromatic N) is 1. The van der Waals surface area contributed by atoms with Gasteiger partial charge >= 0.3 is 5.97 Å². The largest absolute Gasteiger partial charge is 0.481 e. The zero-order valence-corrected chi connectivity index (χ0v) is 13.6. The van der Waals surface area contributed by atoms with Gasteiger partial charge in [0.2, 0.25) is 0 Å². The van der Waals surface area contributed by atoms with Crippen molar-refractivity contribution in [3.8, 4) is 0 Å². The van der Waals surface area contributed by atoms with Crippen molar-refractivity contribution in [3.05, 3.63) is 44.9 Å². The summed E-state index contributed by atoms with van der Waals surface area (Å²) in [7, 11) is 0. The Kier molecular flexibility index (Phi) is 5.45. The summed E-state index contributed by atoms with van der Waals surface area (Å²) in [5, 5.41) is 15.7. The molecule has 2 N–H and O–H groups in total. The van der Waals surface area contributed by atoms with Crippen molar-refractivity contribution in [1.82, 2.24) is 4.98 Å². The lowest BCUT2D eigenvalue weighted by Gasteiger charge is -2.15. The van der Waals surface area contributed by atoms with Crippen molar-refractivity contribution in [2.24, 2.45) is 0 Å². The first-order valence-electron chi connectivity index (χ1n) is 6.33. The number of carboxylic acid groups (broad SMARTS) is 1. The van der Waals surface area contributed by atoms with Crippen molar-refractivity contribution >= 4 is 45.6 Å². The number of rotatable bonds is 6. The van der Waals surface area contributed by atoms with Crippen LogP contribution in [0, 0.1) is 0 Å². The van der Waals surface area contributed by atoms with Crippen molar-refractivity contribution in [2.45, 2.75) is 25.8 Å². The van der Waals surface area contributed by atoms with Crippen molar-refractivity contribution in [2.75, 3.05) is 5.32 Å². The molecule has 0 saturated heterocycles. The van der Waals surface area contributed by atoms with Crippen molar-refractivity contribution in [1.29, 1.82) is 0 Å². The molecular weight excluding hydrogens is 331 g/mol. The van der Waals surface area contributed by atoms with E-state index < -0.39 is 5.97 Å². The number of thiazole rings is 1. The Morgan fingerprint density at radius 3 is 2.90 bits per heavy atom. The highest BCUT2D eigenvalue weighted by Gasteiger charge is 2.12. The van der Waals surface area contributed by atoms with E-state index in [1.165, 1.54) is 11.3 Å². The van der Waals surface area contributed by atoms with Gasteiger partial charge in [0.25, 0.3) is 0 Å². The summed E-state index contributed by atoms with van der Waals surface area (Å²) in [6, 6.07) is 5.35. The summed E-state index contributed by atoms with van der Waals surface area (Å²) in [6.45, 7) is 1.98. The fourth-order valence-corrected chi connectivity index (χ4v) is 3.24. The second-order valence-electron chi connectivity index (χ2n) is 4.57. The molecule has 0 aliphatic rings. The van der Waals surface area contributed by atoms with Gasteiger partial charge in [0, 0.05) is 21.8 Å². The monoisotopic (exact) mass is 344 g/mol. The molecule has 0 spiro atoms. The lowest BCUT2D eigenvalue weighted by atomic mass is 10.1. The summed E-state index contributed by atoms with van der Waals surface area (Å²) in [5.74, 6) is -0.821. The van der Waals surface area contributed by atoms with Crippen LogP contribution in [0.4, 0.5) is 5.13 Å². The molecule has 1 heterocycles. The Morgan fingerprint density at radius 1 is 1.48 bits per heavy atom. The van der Waals surface area contributed by atoms with Gasteiger partial charge in [-0.2, -0.15) is 0 Å². The highest BCUT2D eigenvalue weighted by atomic mass is 35.5. The molecule has 0 fully saturated rings. The van der Waals surface area contributed by atoms with E-state index >= 15 is 0 Å². The van der Waals surface area contributed by atoms with E-state index in [-0.39, 0.29) is 12.5 Å². The Labute approximate surface area is 136 Å². The van der Waals surface area contributed by atoms with Crippen LogP contribution in [0.2, 0.25) is 10.0 Å². The highest BCUT2D eigenvalue weighted by molar-refractivity contribution is 7.13. The average Bonchev–Trinajstić information content (AvgIpc) is 2.83. The van der Waals surface area contributed by atoms with Crippen LogP contribution >= 0.6 is 34.5 Å². The van der Waals surface area contributed by atoms with Crippen molar-refractivity contribution < 1.29 is 9.90 Å². The molecule has 4 nitrogen and oxygen atoms in total. The Hall–Kier alpha value is -1.30. The topological polar surface area (TPSA) is 62.2 Å². The summed E-state index contributed by atoms with van der Waals surface area (Å²) in [6.07, 6.45) is 0.519. The molecule has 1 atom stereocenters. The Balaban J connectivity index is 2.02. The van der Waals surface area contributed by atoms with Crippen LogP contribution < -0.4 is 5.32 Å². The highest BCUT2D eigenvalue weighted by Crippen LogP contribution is 2.29. The van der Waals surface area contributed by atoms with Gasteiger partial charge in [0.15, 0.2) is 5.13 Å². The fourth-order valence-electron chi connectivity index (χ4n) is 1.84. The number of aliphatic carboxylic acids is 1. The molecule has 0 aliphatic carbocycles. The third-order valence-corrected chi connectivity index (χ3v) is 4.30. The predicted molar refractivity (Wildman–Crippen MR) is 86.6 cm³/mol. The maximum atomic E-state index is 10.5. The third kappa shape index (κ3) is 4.59. The minimum atomic E-state index is -0.821. The molecule has 1 aromatic heterocycles. The van der Waals surface area contributed by atoms with Gasteiger partial charge in [0.05, 0.1) is 18.2 Å². The lowest BCUT2D eigenvalue weighted by molar-refractivity contribution is -0.136. The van der Waals surface area contributed by atoms with Gasteiger partial charge < -0.3 is 10.4 Å². The summed E-state index contributed by atoms with van der Waals surface area (Å²) < 4.78 is 0. The average molecular weight is 345 g/mol. The third-order valence-electron chi connectivity index (χ3n) is 2.92. The quantitative estimate of drug-likeness (QED) is 0.801.